The monoisotopic (exact) mass is 385 g/mol. The van der Waals surface area contributed by atoms with E-state index in [2.05, 4.69) is 15.1 Å². The van der Waals surface area contributed by atoms with Crippen molar-refractivity contribution in [2.24, 2.45) is 11.3 Å². The van der Waals surface area contributed by atoms with E-state index in [0.717, 1.165) is 37.6 Å². The molecule has 2 aliphatic rings. The van der Waals surface area contributed by atoms with E-state index in [1.165, 1.54) is 0 Å². The molecule has 2 unspecified atom stereocenters. The Morgan fingerprint density at radius 2 is 2.14 bits per heavy atom. The van der Waals surface area contributed by atoms with Crippen LogP contribution in [0.2, 0.25) is 0 Å². The summed E-state index contributed by atoms with van der Waals surface area (Å²) in [5, 5.41) is 27.7. The number of aliphatic hydroxyl groups is 1. The fraction of sp³-hybridized carbons (Fsp3) is 0.550. The molecule has 1 aromatic carbocycles. The van der Waals surface area contributed by atoms with Crippen LogP contribution in [0.15, 0.2) is 30.6 Å². The van der Waals surface area contributed by atoms with Gasteiger partial charge in [0.1, 0.15) is 17.9 Å². The Balaban J connectivity index is 1.35. The second-order valence-corrected chi connectivity index (χ2v) is 8.15. The highest BCUT2D eigenvalue weighted by Gasteiger charge is 2.52. The van der Waals surface area contributed by atoms with Gasteiger partial charge < -0.3 is 24.6 Å². The first-order valence-corrected chi connectivity index (χ1v) is 9.72. The largest absolute Gasteiger partial charge is 0.508 e. The number of aryl methyl sites for hydroxylation is 1. The molecule has 2 saturated heterocycles. The van der Waals surface area contributed by atoms with Crippen LogP contribution in [0.3, 0.4) is 0 Å². The van der Waals surface area contributed by atoms with Crippen molar-refractivity contribution < 1.29 is 15.0 Å². The van der Waals surface area contributed by atoms with Gasteiger partial charge in [0.05, 0.1) is 13.0 Å². The number of aromatic hydroxyl groups is 1. The van der Waals surface area contributed by atoms with E-state index in [1.54, 1.807) is 24.5 Å². The summed E-state index contributed by atoms with van der Waals surface area (Å²) < 4.78 is 2.03. The predicted molar refractivity (Wildman–Crippen MR) is 103 cm³/mol. The highest BCUT2D eigenvalue weighted by atomic mass is 16.3. The van der Waals surface area contributed by atoms with Crippen molar-refractivity contribution in [2.75, 3.05) is 39.3 Å². The van der Waals surface area contributed by atoms with Crippen LogP contribution < -0.4 is 0 Å². The van der Waals surface area contributed by atoms with Crippen molar-refractivity contribution in [3.05, 3.63) is 42.0 Å². The predicted octanol–water partition coefficient (Wildman–Crippen LogP) is 0.288. The molecule has 2 atom stereocenters. The molecule has 2 fully saturated rings. The molecule has 4 rings (SSSR count). The van der Waals surface area contributed by atoms with Gasteiger partial charge in [-0.2, -0.15) is 0 Å². The van der Waals surface area contributed by atoms with Gasteiger partial charge in [-0.3, -0.25) is 4.79 Å². The van der Waals surface area contributed by atoms with Gasteiger partial charge in [-0.15, -0.1) is 10.2 Å². The van der Waals surface area contributed by atoms with Crippen molar-refractivity contribution in [3.63, 3.8) is 0 Å². The molecule has 8 nitrogen and oxygen atoms in total. The molecule has 0 radical (unpaired) electrons. The summed E-state index contributed by atoms with van der Waals surface area (Å²) in [5.74, 6) is 1.42. The van der Waals surface area contributed by atoms with Gasteiger partial charge in [0.25, 0.3) is 0 Å². The fourth-order valence-electron chi connectivity index (χ4n) is 4.61. The Morgan fingerprint density at radius 3 is 2.82 bits per heavy atom. The molecule has 1 amide bonds. The summed E-state index contributed by atoms with van der Waals surface area (Å²) in [4.78, 5) is 17.0. The Bertz CT molecular complexity index is 854. The lowest BCUT2D eigenvalue weighted by Crippen LogP contribution is -2.40. The van der Waals surface area contributed by atoms with Crippen LogP contribution in [0.5, 0.6) is 5.75 Å². The van der Waals surface area contributed by atoms with Gasteiger partial charge >= 0.3 is 0 Å². The first-order valence-electron chi connectivity index (χ1n) is 9.72. The van der Waals surface area contributed by atoms with Crippen molar-refractivity contribution in [3.8, 4) is 5.75 Å². The molecule has 150 valence electrons. The fourth-order valence-corrected chi connectivity index (χ4v) is 4.61. The quantitative estimate of drug-likeness (QED) is 0.742. The minimum absolute atomic E-state index is 0.0551. The molecule has 28 heavy (non-hydrogen) atoms. The van der Waals surface area contributed by atoms with E-state index >= 15 is 0 Å². The maximum atomic E-state index is 12.7. The summed E-state index contributed by atoms with van der Waals surface area (Å²) in [6.07, 6.45) is 2.02. The van der Waals surface area contributed by atoms with Gasteiger partial charge in [0, 0.05) is 44.7 Å². The molecule has 3 heterocycles. The maximum Gasteiger partial charge on any atom is 0.227 e. The standard InChI is InChI=1S/C20H27N5O3/c1-15-22-21-14-24(15)6-5-23-9-17-10-25(12-20(17,11-23)13-26)19(28)8-16-3-2-4-18(27)7-16/h2-4,7,14,17,26-27H,5-6,8-13H2,1H3. The Morgan fingerprint density at radius 1 is 1.29 bits per heavy atom. The number of rotatable bonds is 6. The van der Waals surface area contributed by atoms with Crippen molar-refractivity contribution in [2.45, 2.75) is 19.9 Å². The number of benzene rings is 1. The van der Waals surface area contributed by atoms with E-state index in [1.807, 2.05) is 22.5 Å². The second kappa shape index (κ2) is 7.52. The number of likely N-dealkylation sites (tertiary alicyclic amines) is 2. The van der Waals surface area contributed by atoms with Gasteiger partial charge in [0.2, 0.25) is 5.91 Å². The lowest BCUT2D eigenvalue weighted by molar-refractivity contribution is -0.130. The van der Waals surface area contributed by atoms with Crippen LogP contribution in [0, 0.1) is 18.3 Å². The third-order valence-electron chi connectivity index (χ3n) is 6.23. The van der Waals surface area contributed by atoms with E-state index in [9.17, 15) is 15.0 Å². The molecule has 0 saturated carbocycles. The lowest BCUT2D eigenvalue weighted by atomic mass is 9.82. The van der Waals surface area contributed by atoms with Gasteiger partial charge in [-0.05, 0) is 30.5 Å². The van der Waals surface area contributed by atoms with Crippen LogP contribution in [-0.4, -0.2) is 80.0 Å². The minimum atomic E-state index is -0.239. The highest BCUT2D eigenvalue weighted by molar-refractivity contribution is 5.79. The summed E-state index contributed by atoms with van der Waals surface area (Å²) in [7, 11) is 0. The highest BCUT2D eigenvalue weighted by Crippen LogP contribution is 2.42. The lowest BCUT2D eigenvalue weighted by Gasteiger charge is -2.27. The minimum Gasteiger partial charge on any atom is -0.508 e. The van der Waals surface area contributed by atoms with Gasteiger partial charge in [-0.1, -0.05) is 12.1 Å². The Kier molecular flexibility index (Phi) is 5.07. The van der Waals surface area contributed by atoms with Crippen molar-refractivity contribution >= 4 is 5.91 Å². The third-order valence-corrected chi connectivity index (χ3v) is 6.23. The number of phenols is 1. The van der Waals surface area contributed by atoms with E-state index in [-0.39, 0.29) is 36.0 Å². The number of fused-ring (bicyclic) bond motifs is 1. The summed E-state index contributed by atoms with van der Waals surface area (Å²) in [6, 6.07) is 6.84. The van der Waals surface area contributed by atoms with Crippen LogP contribution >= 0.6 is 0 Å². The number of carbonyl (C=O) groups is 1. The molecular formula is C20H27N5O3. The van der Waals surface area contributed by atoms with E-state index in [0.29, 0.717) is 13.1 Å². The number of hydrogen-bond acceptors (Lipinski definition) is 6. The second-order valence-electron chi connectivity index (χ2n) is 8.15. The molecule has 0 aliphatic carbocycles. The number of aromatic nitrogens is 3. The zero-order chi connectivity index (χ0) is 19.7. The van der Waals surface area contributed by atoms with Crippen LogP contribution in [0.25, 0.3) is 0 Å². The van der Waals surface area contributed by atoms with Crippen molar-refractivity contribution in [1.29, 1.82) is 0 Å². The zero-order valence-electron chi connectivity index (χ0n) is 16.2. The molecule has 8 heteroatoms. The molecule has 2 aliphatic heterocycles. The molecular weight excluding hydrogens is 358 g/mol. The number of carbonyl (C=O) groups excluding carboxylic acids is 1. The topological polar surface area (TPSA) is 94.7 Å². The van der Waals surface area contributed by atoms with Gasteiger partial charge in [0.15, 0.2) is 0 Å². The van der Waals surface area contributed by atoms with E-state index in [4.69, 9.17) is 0 Å². The normalized spacial score (nSPS) is 24.6. The number of aliphatic hydroxyl groups excluding tert-OH is 1. The molecule has 0 spiro atoms. The number of nitrogens with zero attached hydrogens (tertiary/aromatic N) is 5. The van der Waals surface area contributed by atoms with Crippen LogP contribution in [-0.2, 0) is 17.8 Å². The first kappa shape index (κ1) is 18.9. The Labute approximate surface area is 164 Å². The average Bonchev–Trinajstić information content (AvgIpc) is 3.32. The summed E-state index contributed by atoms with van der Waals surface area (Å²) in [6.45, 7) is 6.70. The Hall–Kier alpha value is -2.45. The smallest absolute Gasteiger partial charge is 0.227 e. The summed E-state index contributed by atoms with van der Waals surface area (Å²) >= 11 is 0. The number of phenolic OH excluding ortho intramolecular Hbond substituents is 1. The van der Waals surface area contributed by atoms with E-state index < -0.39 is 0 Å². The zero-order valence-corrected chi connectivity index (χ0v) is 16.2. The maximum absolute atomic E-state index is 12.7. The molecule has 0 bridgehead atoms. The van der Waals surface area contributed by atoms with Crippen molar-refractivity contribution in [1.82, 2.24) is 24.6 Å². The van der Waals surface area contributed by atoms with Gasteiger partial charge in [-0.25, -0.2) is 0 Å². The van der Waals surface area contributed by atoms with Crippen LogP contribution in [0.4, 0.5) is 0 Å². The van der Waals surface area contributed by atoms with Crippen LogP contribution in [0.1, 0.15) is 11.4 Å². The average molecular weight is 385 g/mol. The molecule has 1 aromatic heterocycles. The third kappa shape index (κ3) is 3.62. The number of hydrogen-bond donors (Lipinski definition) is 2. The number of amides is 1. The SMILES string of the molecule is Cc1nncn1CCN1CC2CN(C(=O)Cc3cccc(O)c3)CC2(CO)C1. The molecule has 2 aromatic rings. The molecule has 2 N–H and O–H groups in total. The first-order chi connectivity index (χ1) is 13.5. The summed E-state index contributed by atoms with van der Waals surface area (Å²) in [5.41, 5.74) is 0.572.